The van der Waals surface area contributed by atoms with Crippen LogP contribution >= 0.6 is 0 Å². The maximum Gasteiger partial charge on any atom is 0.294 e. The summed E-state index contributed by atoms with van der Waals surface area (Å²) in [5, 5.41) is 0. The first-order valence-corrected chi connectivity index (χ1v) is 3.71. The number of H-pyrrole nitrogens is 1. The van der Waals surface area contributed by atoms with Crippen molar-refractivity contribution in [3.63, 3.8) is 0 Å². The van der Waals surface area contributed by atoms with Crippen molar-refractivity contribution in [2.45, 2.75) is 6.92 Å². The van der Waals surface area contributed by atoms with Gasteiger partial charge in [-0.05, 0) is 6.92 Å². The zero-order valence-corrected chi connectivity index (χ0v) is 7.03. The Hall–Kier alpha value is -1.69. The van der Waals surface area contributed by atoms with Gasteiger partial charge < -0.3 is 4.98 Å². The van der Waals surface area contributed by atoms with Crippen molar-refractivity contribution in [2.24, 2.45) is 0 Å². The number of nitrogens with one attached hydrogen (secondary N) is 2. The lowest BCUT2D eigenvalue weighted by Crippen LogP contribution is -2.25. The number of aromatic amines is 1. The Balaban J connectivity index is 2.66. The quantitative estimate of drug-likeness (QED) is 0.616. The van der Waals surface area contributed by atoms with E-state index < -0.39 is 5.91 Å². The molecule has 0 aliphatic carbocycles. The third kappa shape index (κ3) is 2.68. The van der Waals surface area contributed by atoms with Gasteiger partial charge in [-0.2, -0.15) is 0 Å². The minimum atomic E-state index is -0.488. The molecule has 0 unspecified atom stereocenters. The molecule has 0 atom stereocenters. The van der Waals surface area contributed by atoms with Gasteiger partial charge in [0, 0.05) is 6.20 Å². The summed E-state index contributed by atoms with van der Waals surface area (Å²) in [6.45, 7) is 2.11. The minimum Gasteiger partial charge on any atom is -0.325 e. The SMILES string of the molecule is CCONC(=O)c1c[nH]c(=O)cn1. The fraction of sp³-hybridized carbons (Fsp3) is 0.286. The van der Waals surface area contributed by atoms with Crippen LogP contribution in [0.25, 0.3) is 0 Å². The van der Waals surface area contributed by atoms with Gasteiger partial charge in [-0.1, -0.05) is 0 Å². The number of hydroxylamine groups is 1. The Labute approximate surface area is 73.9 Å². The van der Waals surface area contributed by atoms with Gasteiger partial charge in [0.05, 0.1) is 12.8 Å². The molecule has 0 saturated heterocycles. The Morgan fingerprint density at radius 2 is 2.54 bits per heavy atom. The lowest BCUT2D eigenvalue weighted by Gasteiger charge is -2.01. The van der Waals surface area contributed by atoms with Gasteiger partial charge >= 0.3 is 0 Å². The normalized spacial score (nSPS) is 9.62. The first-order valence-electron chi connectivity index (χ1n) is 3.71. The second-order valence-corrected chi connectivity index (χ2v) is 2.16. The molecule has 0 bridgehead atoms. The van der Waals surface area contributed by atoms with Gasteiger partial charge in [0.25, 0.3) is 11.5 Å². The summed E-state index contributed by atoms with van der Waals surface area (Å²) in [5.74, 6) is -0.488. The highest BCUT2D eigenvalue weighted by Gasteiger charge is 2.05. The van der Waals surface area contributed by atoms with E-state index >= 15 is 0 Å². The van der Waals surface area contributed by atoms with Gasteiger partial charge in [-0.25, -0.2) is 10.5 Å². The summed E-state index contributed by atoms with van der Waals surface area (Å²) < 4.78 is 0. The van der Waals surface area contributed by atoms with Crippen LogP contribution in [0.3, 0.4) is 0 Å². The Morgan fingerprint density at radius 3 is 3.08 bits per heavy atom. The molecule has 2 N–H and O–H groups in total. The molecule has 13 heavy (non-hydrogen) atoms. The van der Waals surface area contributed by atoms with Crippen molar-refractivity contribution in [2.75, 3.05) is 6.61 Å². The van der Waals surface area contributed by atoms with E-state index in [1.54, 1.807) is 6.92 Å². The van der Waals surface area contributed by atoms with E-state index in [1.807, 2.05) is 0 Å². The molecule has 6 nitrogen and oxygen atoms in total. The van der Waals surface area contributed by atoms with E-state index in [9.17, 15) is 9.59 Å². The maximum atomic E-state index is 11.1. The zero-order chi connectivity index (χ0) is 9.68. The van der Waals surface area contributed by atoms with E-state index in [4.69, 9.17) is 0 Å². The number of carbonyl (C=O) groups is 1. The molecule has 6 heteroatoms. The zero-order valence-electron chi connectivity index (χ0n) is 7.03. The Bertz CT molecular complexity index is 327. The predicted molar refractivity (Wildman–Crippen MR) is 43.9 cm³/mol. The average molecular weight is 183 g/mol. The molecule has 0 radical (unpaired) electrons. The second kappa shape index (κ2) is 4.36. The van der Waals surface area contributed by atoms with Crippen LogP contribution in [0.5, 0.6) is 0 Å². The lowest BCUT2D eigenvalue weighted by molar-refractivity contribution is 0.0359. The molecule has 1 rings (SSSR count). The summed E-state index contributed by atoms with van der Waals surface area (Å²) in [4.78, 5) is 32.2. The number of amides is 1. The van der Waals surface area contributed by atoms with E-state index in [-0.39, 0.29) is 11.3 Å². The van der Waals surface area contributed by atoms with Gasteiger partial charge in [0.1, 0.15) is 5.69 Å². The molecule has 1 aromatic heterocycles. The summed E-state index contributed by atoms with van der Waals surface area (Å²) >= 11 is 0. The van der Waals surface area contributed by atoms with Crippen LogP contribution in [-0.4, -0.2) is 22.5 Å². The van der Waals surface area contributed by atoms with Gasteiger partial charge in [-0.3, -0.25) is 14.4 Å². The third-order valence-corrected chi connectivity index (χ3v) is 1.21. The standard InChI is InChI=1S/C7H9N3O3/c1-2-13-10-7(12)5-3-9-6(11)4-8-5/h3-4H,2H2,1H3,(H,9,11)(H,10,12). The van der Waals surface area contributed by atoms with Crippen LogP contribution in [0.4, 0.5) is 0 Å². The van der Waals surface area contributed by atoms with Crippen molar-refractivity contribution >= 4 is 5.91 Å². The second-order valence-electron chi connectivity index (χ2n) is 2.16. The van der Waals surface area contributed by atoms with E-state index in [1.165, 1.54) is 6.20 Å². The molecule has 0 spiro atoms. The molecule has 70 valence electrons. The molecule has 1 heterocycles. The van der Waals surface area contributed by atoms with Crippen molar-refractivity contribution < 1.29 is 9.63 Å². The molecule has 1 amide bonds. The highest BCUT2D eigenvalue weighted by molar-refractivity contribution is 5.90. The van der Waals surface area contributed by atoms with Crippen LogP contribution in [0.1, 0.15) is 17.4 Å². The van der Waals surface area contributed by atoms with Crippen molar-refractivity contribution in [1.29, 1.82) is 0 Å². The number of hydrogen-bond donors (Lipinski definition) is 2. The molecular formula is C7H9N3O3. The van der Waals surface area contributed by atoms with E-state index in [0.29, 0.717) is 6.61 Å². The molecule has 0 fully saturated rings. The van der Waals surface area contributed by atoms with Crippen molar-refractivity contribution in [3.8, 4) is 0 Å². The summed E-state index contributed by atoms with van der Waals surface area (Å²) in [6, 6.07) is 0. The average Bonchev–Trinajstić information content (AvgIpc) is 2.15. The van der Waals surface area contributed by atoms with Gasteiger partial charge in [0.15, 0.2) is 0 Å². The van der Waals surface area contributed by atoms with Crippen molar-refractivity contribution in [3.05, 3.63) is 28.4 Å². The predicted octanol–water partition coefficient (Wildman–Crippen LogP) is -0.549. The van der Waals surface area contributed by atoms with Gasteiger partial charge in [-0.15, -0.1) is 0 Å². The van der Waals surface area contributed by atoms with Crippen LogP contribution in [0.15, 0.2) is 17.2 Å². The molecule has 0 aliphatic rings. The van der Waals surface area contributed by atoms with E-state index in [2.05, 4.69) is 20.3 Å². The monoisotopic (exact) mass is 183 g/mol. The van der Waals surface area contributed by atoms with Gasteiger partial charge in [0.2, 0.25) is 0 Å². The summed E-state index contributed by atoms with van der Waals surface area (Å²) in [6.07, 6.45) is 2.25. The maximum absolute atomic E-state index is 11.1. The number of rotatable bonds is 3. The van der Waals surface area contributed by atoms with Crippen LogP contribution in [0.2, 0.25) is 0 Å². The van der Waals surface area contributed by atoms with Crippen LogP contribution < -0.4 is 11.0 Å². The van der Waals surface area contributed by atoms with Crippen LogP contribution in [-0.2, 0) is 4.84 Å². The molecule has 0 saturated carbocycles. The Morgan fingerprint density at radius 1 is 1.77 bits per heavy atom. The summed E-state index contributed by atoms with van der Waals surface area (Å²) in [5.41, 5.74) is 1.90. The number of nitrogens with zero attached hydrogens (tertiary/aromatic N) is 1. The molecule has 1 aromatic rings. The molecule has 0 aliphatic heterocycles. The van der Waals surface area contributed by atoms with Crippen molar-refractivity contribution in [1.82, 2.24) is 15.4 Å². The third-order valence-electron chi connectivity index (χ3n) is 1.21. The largest absolute Gasteiger partial charge is 0.325 e. The molecular weight excluding hydrogens is 174 g/mol. The topological polar surface area (TPSA) is 84.1 Å². The molecule has 0 aromatic carbocycles. The smallest absolute Gasteiger partial charge is 0.294 e. The number of carbonyl (C=O) groups excluding carboxylic acids is 1. The Kier molecular flexibility index (Phi) is 3.15. The highest BCUT2D eigenvalue weighted by atomic mass is 16.6. The fourth-order valence-electron chi connectivity index (χ4n) is 0.656. The fourth-order valence-corrected chi connectivity index (χ4v) is 0.656. The van der Waals surface area contributed by atoms with Crippen LogP contribution in [0, 0.1) is 0 Å². The lowest BCUT2D eigenvalue weighted by atomic mass is 10.4. The minimum absolute atomic E-state index is 0.105. The summed E-state index contributed by atoms with van der Waals surface area (Å²) in [7, 11) is 0. The first kappa shape index (κ1) is 9.40. The number of hydrogen-bond acceptors (Lipinski definition) is 4. The first-order chi connectivity index (χ1) is 6.24. The van der Waals surface area contributed by atoms with E-state index in [0.717, 1.165) is 6.20 Å². The highest BCUT2D eigenvalue weighted by Crippen LogP contribution is 1.86. The number of aromatic nitrogens is 2.